The third-order valence-corrected chi connectivity index (χ3v) is 3.63. The molecule has 0 aliphatic rings. The van der Waals surface area contributed by atoms with Crippen LogP contribution in [0.25, 0.3) is 27.6 Å². The van der Waals surface area contributed by atoms with Crippen LogP contribution in [0.2, 0.25) is 5.02 Å². The van der Waals surface area contributed by atoms with Crippen LogP contribution in [0, 0.1) is 0 Å². The van der Waals surface area contributed by atoms with Crippen LogP contribution in [0.15, 0.2) is 53.6 Å². The average molecular weight is 297 g/mol. The molecule has 0 bridgehead atoms. The lowest BCUT2D eigenvalue weighted by atomic mass is 10.2. The van der Waals surface area contributed by atoms with E-state index < -0.39 is 0 Å². The molecule has 4 rings (SSSR count). The van der Waals surface area contributed by atoms with Crippen LogP contribution < -0.4 is 5.56 Å². The summed E-state index contributed by atoms with van der Waals surface area (Å²) in [5.74, 6) is 0.542. The number of H-pyrrole nitrogens is 1. The Morgan fingerprint density at radius 3 is 2.86 bits per heavy atom. The van der Waals surface area contributed by atoms with Crippen LogP contribution in [0.4, 0.5) is 0 Å². The summed E-state index contributed by atoms with van der Waals surface area (Å²) >= 11 is 5.92. The minimum absolute atomic E-state index is 0.172. The van der Waals surface area contributed by atoms with Gasteiger partial charge in [0, 0.05) is 10.4 Å². The van der Waals surface area contributed by atoms with Gasteiger partial charge in [-0.3, -0.25) is 9.89 Å². The molecule has 0 atom stereocenters. The second-order valence-electron chi connectivity index (χ2n) is 4.67. The van der Waals surface area contributed by atoms with Crippen molar-refractivity contribution >= 4 is 33.4 Å². The highest BCUT2D eigenvalue weighted by molar-refractivity contribution is 6.31. The van der Waals surface area contributed by atoms with Gasteiger partial charge in [-0.1, -0.05) is 23.7 Å². The number of halogens is 1. The molecule has 102 valence electrons. The molecule has 0 aliphatic carbocycles. The number of aromatic amines is 1. The summed E-state index contributed by atoms with van der Waals surface area (Å²) in [6, 6.07) is 12.7. The Labute approximate surface area is 123 Å². The van der Waals surface area contributed by atoms with Gasteiger partial charge in [0.2, 0.25) is 0 Å². The second-order valence-corrected chi connectivity index (χ2v) is 5.11. The molecule has 2 heterocycles. The number of hydrogen-bond donors (Lipinski definition) is 1. The number of nitrogens with one attached hydrogen (secondary N) is 1. The van der Waals surface area contributed by atoms with Gasteiger partial charge in [0.05, 0.1) is 16.4 Å². The summed E-state index contributed by atoms with van der Waals surface area (Å²) in [5, 5.41) is 9.07. The van der Waals surface area contributed by atoms with E-state index in [9.17, 15) is 4.79 Å². The van der Waals surface area contributed by atoms with Gasteiger partial charge in [0.15, 0.2) is 5.82 Å². The standard InChI is InChI=1S/C15H9ClN4O/c16-9-5-6-11-13(7-9)17-8-20(15(11)21)14-10-3-1-2-4-12(10)18-19-14/h1-8H,(H,18,19). The van der Waals surface area contributed by atoms with Gasteiger partial charge in [-0.05, 0) is 30.3 Å². The summed E-state index contributed by atoms with van der Waals surface area (Å²) in [4.78, 5) is 16.9. The number of aromatic nitrogens is 4. The highest BCUT2D eigenvalue weighted by atomic mass is 35.5. The third kappa shape index (κ3) is 1.82. The molecule has 0 unspecified atom stereocenters. The van der Waals surface area contributed by atoms with E-state index in [4.69, 9.17) is 11.6 Å². The summed E-state index contributed by atoms with van der Waals surface area (Å²) in [5.41, 5.74) is 1.27. The van der Waals surface area contributed by atoms with E-state index in [1.807, 2.05) is 24.3 Å². The van der Waals surface area contributed by atoms with Gasteiger partial charge in [-0.25, -0.2) is 9.55 Å². The van der Waals surface area contributed by atoms with Gasteiger partial charge in [-0.2, -0.15) is 5.10 Å². The Kier molecular flexibility index (Phi) is 2.55. The van der Waals surface area contributed by atoms with Crippen molar-refractivity contribution < 1.29 is 0 Å². The number of para-hydroxylation sites is 1. The zero-order chi connectivity index (χ0) is 14.4. The Morgan fingerprint density at radius 2 is 1.95 bits per heavy atom. The number of fused-ring (bicyclic) bond motifs is 2. The van der Waals surface area contributed by atoms with E-state index in [0.29, 0.717) is 21.7 Å². The van der Waals surface area contributed by atoms with E-state index in [1.165, 1.54) is 10.9 Å². The first-order chi connectivity index (χ1) is 10.2. The van der Waals surface area contributed by atoms with Crippen LogP contribution in [0.1, 0.15) is 0 Å². The SMILES string of the molecule is O=c1c2ccc(Cl)cc2ncn1-c1n[nH]c2ccccc12. The zero-order valence-corrected chi connectivity index (χ0v) is 11.5. The molecule has 0 radical (unpaired) electrons. The summed E-state index contributed by atoms with van der Waals surface area (Å²) in [6.07, 6.45) is 1.48. The zero-order valence-electron chi connectivity index (χ0n) is 10.7. The lowest BCUT2D eigenvalue weighted by Crippen LogP contribution is -2.19. The predicted octanol–water partition coefficient (Wildman–Crippen LogP) is 2.92. The topological polar surface area (TPSA) is 63.6 Å². The second kappa shape index (κ2) is 4.43. The van der Waals surface area contributed by atoms with Gasteiger partial charge >= 0.3 is 0 Å². The maximum Gasteiger partial charge on any atom is 0.267 e. The molecule has 5 nitrogen and oxygen atoms in total. The number of benzene rings is 2. The van der Waals surface area contributed by atoms with Crippen LogP contribution in [-0.4, -0.2) is 19.7 Å². The van der Waals surface area contributed by atoms with E-state index in [0.717, 1.165) is 10.9 Å². The summed E-state index contributed by atoms with van der Waals surface area (Å²) < 4.78 is 1.44. The lowest BCUT2D eigenvalue weighted by Gasteiger charge is -2.04. The maximum atomic E-state index is 12.6. The fourth-order valence-corrected chi connectivity index (χ4v) is 2.54. The van der Waals surface area contributed by atoms with Crippen LogP contribution in [0.3, 0.4) is 0 Å². The van der Waals surface area contributed by atoms with Gasteiger partial charge in [0.25, 0.3) is 5.56 Å². The molecule has 21 heavy (non-hydrogen) atoms. The van der Waals surface area contributed by atoms with E-state index >= 15 is 0 Å². The molecule has 6 heteroatoms. The van der Waals surface area contributed by atoms with Gasteiger partial charge in [0.1, 0.15) is 6.33 Å². The molecule has 0 saturated carbocycles. The molecule has 0 aliphatic heterocycles. The van der Waals surface area contributed by atoms with Crippen molar-refractivity contribution in [2.45, 2.75) is 0 Å². The number of hydrogen-bond acceptors (Lipinski definition) is 3. The normalized spacial score (nSPS) is 11.3. The molecule has 0 amide bonds. The Bertz CT molecular complexity index is 1030. The first kappa shape index (κ1) is 12.1. The van der Waals surface area contributed by atoms with Crippen molar-refractivity contribution in [1.82, 2.24) is 19.7 Å². The van der Waals surface area contributed by atoms with Crippen LogP contribution in [0.5, 0.6) is 0 Å². The molecule has 1 N–H and O–H groups in total. The number of nitrogens with zero attached hydrogens (tertiary/aromatic N) is 3. The van der Waals surface area contributed by atoms with E-state index in [2.05, 4.69) is 15.2 Å². The summed E-state index contributed by atoms with van der Waals surface area (Å²) in [6.45, 7) is 0. The molecular formula is C15H9ClN4O. The molecule has 0 fully saturated rings. The van der Waals surface area contributed by atoms with Crippen molar-refractivity contribution in [1.29, 1.82) is 0 Å². The first-order valence-electron chi connectivity index (χ1n) is 6.34. The largest absolute Gasteiger partial charge is 0.276 e. The fraction of sp³-hybridized carbons (Fsp3) is 0. The quantitative estimate of drug-likeness (QED) is 0.587. The van der Waals surface area contributed by atoms with Crippen molar-refractivity contribution in [2.24, 2.45) is 0 Å². The van der Waals surface area contributed by atoms with E-state index in [1.54, 1.807) is 18.2 Å². The minimum atomic E-state index is -0.172. The van der Waals surface area contributed by atoms with Crippen molar-refractivity contribution in [3.8, 4) is 5.82 Å². The Morgan fingerprint density at radius 1 is 1.10 bits per heavy atom. The van der Waals surface area contributed by atoms with Crippen molar-refractivity contribution in [3.05, 3.63) is 64.2 Å². The van der Waals surface area contributed by atoms with Crippen molar-refractivity contribution in [2.75, 3.05) is 0 Å². The molecule has 2 aromatic carbocycles. The Balaban J connectivity index is 2.05. The monoisotopic (exact) mass is 296 g/mol. The molecule has 0 spiro atoms. The highest BCUT2D eigenvalue weighted by Crippen LogP contribution is 2.19. The smallest absolute Gasteiger partial charge is 0.267 e. The van der Waals surface area contributed by atoms with E-state index in [-0.39, 0.29) is 5.56 Å². The molecule has 2 aromatic heterocycles. The number of rotatable bonds is 1. The Hall–Kier alpha value is -2.66. The fourth-order valence-electron chi connectivity index (χ4n) is 2.38. The predicted molar refractivity (Wildman–Crippen MR) is 82.0 cm³/mol. The molecular weight excluding hydrogens is 288 g/mol. The lowest BCUT2D eigenvalue weighted by molar-refractivity contribution is 0.908. The van der Waals surface area contributed by atoms with Gasteiger partial charge in [-0.15, -0.1) is 0 Å². The highest BCUT2D eigenvalue weighted by Gasteiger charge is 2.11. The van der Waals surface area contributed by atoms with Crippen LogP contribution in [-0.2, 0) is 0 Å². The van der Waals surface area contributed by atoms with Gasteiger partial charge < -0.3 is 0 Å². The summed E-state index contributed by atoms with van der Waals surface area (Å²) in [7, 11) is 0. The van der Waals surface area contributed by atoms with Crippen LogP contribution >= 0.6 is 11.6 Å². The molecule has 0 saturated heterocycles. The average Bonchev–Trinajstić information content (AvgIpc) is 2.91. The third-order valence-electron chi connectivity index (χ3n) is 3.40. The first-order valence-corrected chi connectivity index (χ1v) is 6.72. The van der Waals surface area contributed by atoms with Crippen molar-refractivity contribution in [3.63, 3.8) is 0 Å². The minimum Gasteiger partial charge on any atom is -0.276 e. The molecule has 4 aromatic rings. The maximum absolute atomic E-state index is 12.6.